The van der Waals surface area contributed by atoms with Crippen LogP contribution in [0.3, 0.4) is 0 Å². The highest BCUT2D eigenvalue weighted by Gasteiger charge is 1.96. The molecule has 0 rings (SSSR count). The monoisotopic (exact) mass is 198 g/mol. The Balaban J connectivity index is 3.08. The highest BCUT2D eigenvalue weighted by molar-refractivity contribution is 4.81. The van der Waals surface area contributed by atoms with Gasteiger partial charge in [-0.3, -0.25) is 0 Å². The number of aliphatic hydroxyl groups excluding tert-OH is 1. The van der Waals surface area contributed by atoms with Crippen molar-refractivity contribution in [2.24, 2.45) is 5.92 Å². The Kier molecular flexibility index (Phi) is 10.5. The summed E-state index contributed by atoms with van der Waals surface area (Å²) >= 11 is 0. The van der Waals surface area contributed by atoms with Crippen LogP contribution in [-0.4, -0.2) is 11.7 Å². The molecular weight excluding hydrogens is 172 g/mol. The van der Waals surface area contributed by atoms with Gasteiger partial charge in [-0.2, -0.15) is 0 Å². The fraction of sp³-hybridized carbons (Fsp3) is 0.846. The summed E-state index contributed by atoms with van der Waals surface area (Å²) in [4.78, 5) is 0. The second kappa shape index (κ2) is 10.8. The Bertz CT molecular complexity index is 129. The van der Waals surface area contributed by atoms with Crippen molar-refractivity contribution in [2.45, 2.75) is 58.8 Å². The van der Waals surface area contributed by atoms with Gasteiger partial charge in [0.2, 0.25) is 0 Å². The van der Waals surface area contributed by atoms with Crippen LogP contribution in [0.4, 0.5) is 0 Å². The smallest absolute Gasteiger partial charge is 0.0433 e. The van der Waals surface area contributed by atoms with Gasteiger partial charge in [0.1, 0.15) is 0 Å². The zero-order valence-electron chi connectivity index (χ0n) is 9.84. The molecule has 0 amide bonds. The van der Waals surface area contributed by atoms with Gasteiger partial charge < -0.3 is 5.11 Å². The van der Waals surface area contributed by atoms with E-state index >= 15 is 0 Å². The van der Waals surface area contributed by atoms with Gasteiger partial charge in [0, 0.05) is 6.61 Å². The molecular formula is C13H26O. The van der Waals surface area contributed by atoms with E-state index in [0.717, 1.165) is 18.8 Å². The van der Waals surface area contributed by atoms with Gasteiger partial charge in [-0.15, -0.1) is 0 Å². The summed E-state index contributed by atoms with van der Waals surface area (Å²) in [5.41, 5.74) is 0. The quantitative estimate of drug-likeness (QED) is 0.440. The molecule has 0 spiro atoms. The second-order valence-electron chi connectivity index (χ2n) is 4.14. The van der Waals surface area contributed by atoms with Crippen molar-refractivity contribution in [3.8, 4) is 0 Å². The maximum atomic E-state index is 8.56. The molecule has 0 unspecified atom stereocenters. The van der Waals surface area contributed by atoms with Gasteiger partial charge in [-0.1, -0.05) is 45.3 Å². The lowest BCUT2D eigenvalue weighted by Gasteiger charge is -2.05. The highest BCUT2D eigenvalue weighted by atomic mass is 16.2. The number of aliphatic hydroxyl groups is 1. The molecule has 0 saturated carbocycles. The number of rotatable bonds is 9. The van der Waals surface area contributed by atoms with Crippen molar-refractivity contribution in [2.75, 3.05) is 6.61 Å². The average Bonchev–Trinajstić information content (AvgIpc) is 2.21. The van der Waals surface area contributed by atoms with E-state index in [1.54, 1.807) is 0 Å². The lowest BCUT2D eigenvalue weighted by Crippen LogP contribution is -1.90. The third kappa shape index (κ3) is 9.79. The van der Waals surface area contributed by atoms with Gasteiger partial charge in [0.05, 0.1) is 0 Å². The first kappa shape index (κ1) is 13.7. The highest BCUT2D eigenvalue weighted by Crippen LogP contribution is 2.12. The molecule has 0 bridgehead atoms. The Morgan fingerprint density at radius 1 is 1.07 bits per heavy atom. The van der Waals surface area contributed by atoms with E-state index in [2.05, 4.69) is 26.0 Å². The van der Waals surface area contributed by atoms with Gasteiger partial charge >= 0.3 is 0 Å². The fourth-order valence-electron chi connectivity index (χ4n) is 1.40. The van der Waals surface area contributed by atoms with E-state index in [9.17, 15) is 0 Å². The van der Waals surface area contributed by atoms with Crippen molar-refractivity contribution < 1.29 is 5.11 Å². The maximum absolute atomic E-state index is 8.56. The largest absolute Gasteiger partial charge is 0.396 e. The van der Waals surface area contributed by atoms with E-state index in [4.69, 9.17) is 5.11 Å². The lowest BCUT2D eigenvalue weighted by atomic mass is 10.0. The molecule has 0 heterocycles. The van der Waals surface area contributed by atoms with Crippen LogP contribution in [0.1, 0.15) is 58.8 Å². The first-order valence-electron chi connectivity index (χ1n) is 6.07. The zero-order chi connectivity index (χ0) is 10.6. The van der Waals surface area contributed by atoms with Gasteiger partial charge in [0.25, 0.3) is 0 Å². The third-order valence-corrected chi connectivity index (χ3v) is 2.71. The maximum Gasteiger partial charge on any atom is 0.0433 e. The third-order valence-electron chi connectivity index (χ3n) is 2.71. The van der Waals surface area contributed by atoms with Gasteiger partial charge in [-0.05, 0) is 31.6 Å². The average molecular weight is 198 g/mol. The number of allylic oxidation sites excluding steroid dienone is 2. The molecule has 84 valence electrons. The first-order valence-corrected chi connectivity index (χ1v) is 6.07. The normalized spacial score (nSPS) is 13.6. The Labute approximate surface area is 89.2 Å². The van der Waals surface area contributed by atoms with E-state index in [1.165, 1.54) is 32.1 Å². The molecule has 1 nitrogen and oxygen atoms in total. The molecule has 0 radical (unpaired) electrons. The fourth-order valence-corrected chi connectivity index (χ4v) is 1.40. The summed E-state index contributed by atoms with van der Waals surface area (Å²) in [6, 6.07) is 0. The van der Waals surface area contributed by atoms with Crippen LogP contribution in [0.15, 0.2) is 12.2 Å². The van der Waals surface area contributed by atoms with E-state index in [1.807, 2.05) is 0 Å². The zero-order valence-corrected chi connectivity index (χ0v) is 9.84. The molecule has 0 aliphatic carbocycles. The second-order valence-corrected chi connectivity index (χ2v) is 4.14. The summed E-state index contributed by atoms with van der Waals surface area (Å²) in [6.45, 7) is 4.91. The molecule has 1 atom stereocenters. The van der Waals surface area contributed by atoms with Crippen LogP contribution in [-0.2, 0) is 0 Å². The summed E-state index contributed by atoms with van der Waals surface area (Å²) in [6.07, 6.45) is 13.0. The van der Waals surface area contributed by atoms with Crippen LogP contribution in [0, 0.1) is 5.92 Å². The number of hydrogen-bond donors (Lipinski definition) is 1. The van der Waals surface area contributed by atoms with Crippen LogP contribution >= 0.6 is 0 Å². The summed E-state index contributed by atoms with van der Waals surface area (Å²) < 4.78 is 0. The van der Waals surface area contributed by atoms with Crippen molar-refractivity contribution >= 4 is 0 Å². The Morgan fingerprint density at radius 2 is 1.71 bits per heavy atom. The van der Waals surface area contributed by atoms with Crippen LogP contribution < -0.4 is 0 Å². The lowest BCUT2D eigenvalue weighted by molar-refractivity contribution is 0.289. The van der Waals surface area contributed by atoms with E-state index in [-0.39, 0.29) is 0 Å². The molecule has 14 heavy (non-hydrogen) atoms. The first-order chi connectivity index (χ1) is 6.81. The van der Waals surface area contributed by atoms with Gasteiger partial charge in [-0.25, -0.2) is 0 Å². The summed E-state index contributed by atoms with van der Waals surface area (Å²) in [5.74, 6) is 0.897. The van der Waals surface area contributed by atoms with Crippen LogP contribution in [0.5, 0.6) is 0 Å². The minimum Gasteiger partial charge on any atom is -0.396 e. The molecule has 1 heteroatoms. The predicted octanol–water partition coefficient (Wildman–Crippen LogP) is 3.92. The van der Waals surface area contributed by atoms with Crippen molar-refractivity contribution in [1.29, 1.82) is 0 Å². The van der Waals surface area contributed by atoms with Crippen LogP contribution in [0.25, 0.3) is 0 Å². The predicted molar refractivity (Wildman–Crippen MR) is 63.4 cm³/mol. The molecule has 0 aromatic rings. The molecule has 0 saturated heterocycles. The summed E-state index contributed by atoms with van der Waals surface area (Å²) in [7, 11) is 0. The number of hydrogen-bond acceptors (Lipinski definition) is 1. The van der Waals surface area contributed by atoms with E-state index < -0.39 is 0 Å². The molecule has 0 aliphatic rings. The molecule has 0 aliphatic heterocycles. The topological polar surface area (TPSA) is 20.2 Å². The minimum absolute atomic E-state index is 0.318. The standard InChI is InChI=1S/C13H26O/c1-3-13(2)11-9-7-5-4-6-8-10-12-14/h4,6,13-14H,3,5,7-12H2,1-2H3/b6-4+/t13-/m0/s1. The van der Waals surface area contributed by atoms with Gasteiger partial charge in [0.15, 0.2) is 0 Å². The summed E-state index contributed by atoms with van der Waals surface area (Å²) in [5, 5.41) is 8.56. The SMILES string of the molecule is CC[C@H](C)CCCC/C=C/CCCO. The molecule has 0 aromatic carbocycles. The van der Waals surface area contributed by atoms with Crippen LogP contribution in [0.2, 0.25) is 0 Å². The molecule has 0 aromatic heterocycles. The van der Waals surface area contributed by atoms with Crippen molar-refractivity contribution in [1.82, 2.24) is 0 Å². The Morgan fingerprint density at radius 3 is 2.29 bits per heavy atom. The van der Waals surface area contributed by atoms with E-state index in [0.29, 0.717) is 6.61 Å². The minimum atomic E-state index is 0.318. The number of unbranched alkanes of at least 4 members (excludes halogenated alkanes) is 3. The Hall–Kier alpha value is -0.300. The molecule has 0 fully saturated rings. The van der Waals surface area contributed by atoms with Crippen molar-refractivity contribution in [3.63, 3.8) is 0 Å². The van der Waals surface area contributed by atoms with Crippen molar-refractivity contribution in [3.05, 3.63) is 12.2 Å². The molecule has 1 N–H and O–H groups in total.